The topological polar surface area (TPSA) is 44.1 Å². The van der Waals surface area contributed by atoms with Crippen molar-refractivity contribution >= 4 is 12.0 Å². The molecule has 2 fully saturated rings. The predicted octanol–water partition coefficient (Wildman–Crippen LogP) is 5.58. The van der Waals surface area contributed by atoms with Crippen molar-refractivity contribution in [2.75, 3.05) is 0 Å². The minimum atomic E-state index is -0.569. The molecular formula is C26H27FN2O2. The molecule has 2 atom stereocenters. The SMILES string of the molecule is C=CCC1(CC=C)C[C@@]2(CCC3=Cc4c(cnn4-c4ccc(F)cc4)C[C@@]32C)OC1=O. The first-order valence-corrected chi connectivity index (χ1v) is 10.9. The molecule has 2 aliphatic carbocycles. The van der Waals surface area contributed by atoms with Gasteiger partial charge >= 0.3 is 5.97 Å². The molecule has 2 heterocycles. The van der Waals surface area contributed by atoms with Gasteiger partial charge in [-0.1, -0.05) is 24.6 Å². The molecule has 0 amide bonds. The number of halogens is 1. The largest absolute Gasteiger partial charge is 0.458 e. The van der Waals surface area contributed by atoms with E-state index in [0.29, 0.717) is 19.3 Å². The summed E-state index contributed by atoms with van der Waals surface area (Å²) in [6.07, 6.45) is 12.1. The number of esters is 1. The van der Waals surface area contributed by atoms with Crippen LogP contribution in [0.15, 0.2) is 61.3 Å². The van der Waals surface area contributed by atoms with Gasteiger partial charge in [-0.25, -0.2) is 9.07 Å². The van der Waals surface area contributed by atoms with Crippen LogP contribution in [0.2, 0.25) is 0 Å². The molecule has 160 valence electrons. The summed E-state index contributed by atoms with van der Waals surface area (Å²) in [6.45, 7) is 9.99. The van der Waals surface area contributed by atoms with Crippen LogP contribution >= 0.6 is 0 Å². The number of hydrogen-bond acceptors (Lipinski definition) is 3. The van der Waals surface area contributed by atoms with Gasteiger partial charge in [0.15, 0.2) is 0 Å². The maximum Gasteiger partial charge on any atom is 0.313 e. The first-order valence-electron chi connectivity index (χ1n) is 10.9. The Kier molecular flexibility index (Phi) is 4.37. The third kappa shape index (κ3) is 2.72. The molecule has 1 aliphatic heterocycles. The van der Waals surface area contributed by atoms with Crippen molar-refractivity contribution in [3.63, 3.8) is 0 Å². The van der Waals surface area contributed by atoms with E-state index in [1.807, 2.05) is 23.0 Å². The Morgan fingerprint density at radius 2 is 1.94 bits per heavy atom. The second-order valence-corrected chi connectivity index (χ2v) is 9.45. The zero-order valence-electron chi connectivity index (χ0n) is 17.9. The van der Waals surface area contributed by atoms with Gasteiger partial charge < -0.3 is 4.74 Å². The number of benzene rings is 1. The molecule has 2 aromatic rings. The standard InChI is InChI=1S/C26H27FN2O2/c1-4-11-25(12-5-2)17-26(31-23(25)30)13-10-19-14-22-18(15-24(19,26)3)16-28-29(22)21-8-6-20(27)7-9-21/h4-9,14,16H,1-2,10-13,15,17H2,3H3/t24-,26+/m0/s1. The summed E-state index contributed by atoms with van der Waals surface area (Å²) in [4.78, 5) is 13.1. The van der Waals surface area contributed by atoms with Crippen LogP contribution in [0.1, 0.15) is 50.3 Å². The Bertz CT molecular complexity index is 1100. The maximum atomic E-state index is 13.4. The second-order valence-electron chi connectivity index (χ2n) is 9.45. The van der Waals surface area contributed by atoms with Gasteiger partial charge in [0, 0.05) is 11.8 Å². The van der Waals surface area contributed by atoms with Crippen molar-refractivity contribution in [2.24, 2.45) is 10.8 Å². The highest BCUT2D eigenvalue weighted by Gasteiger charge is 2.66. The number of hydrogen-bond donors (Lipinski definition) is 0. The van der Waals surface area contributed by atoms with E-state index in [-0.39, 0.29) is 17.2 Å². The first-order chi connectivity index (χ1) is 14.9. The second kappa shape index (κ2) is 6.78. The molecule has 3 aliphatic rings. The number of ether oxygens (including phenoxy) is 1. The van der Waals surface area contributed by atoms with Crippen molar-refractivity contribution in [3.8, 4) is 5.69 Å². The molecule has 31 heavy (non-hydrogen) atoms. The molecule has 0 unspecified atom stereocenters. The molecule has 5 rings (SSSR count). The fourth-order valence-corrected chi connectivity index (χ4v) is 6.04. The molecule has 1 saturated heterocycles. The Balaban J connectivity index is 1.54. The molecule has 0 N–H and O–H groups in total. The van der Waals surface area contributed by atoms with E-state index in [9.17, 15) is 9.18 Å². The lowest BCUT2D eigenvalue weighted by Crippen LogP contribution is -2.45. The van der Waals surface area contributed by atoms with E-state index in [1.54, 1.807) is 12.1 Å². The fourth-order valence-electron chi connectivity index (χ4n) is 6.04. The highest BCUT2D eigenvalue weighted by molar-refractivity contribution is 5.81. The van der Waals surface area contributed by atoms with Crippen LogP contribution < -0.4 is 0 Å². The third-order valence-electron chi connectivity index (χ3n) is 7.74. The van der Waals surface area contributed by atoms with Crippen molar-refractivity contribution in [3.05, 3.63) is 78.4 Å². The van der Waals surface area contributed by atoms with Gasteiger partial charge in [0.1, 0.15) is 11.4 Å². The van der Waals surface area contributed by atoms with Gasteiger partial charge in [-0.15, -0.1) is 13.2 Å². The van der Waals surface area contributed by atoms with E-state index < -0.39 is 11.0 Å². The summed E-state index contributed by atoms with van der Waals surface area (Å²) >= 11 is 0. The van der Waals surface area contributed by atoms with Crippen LogP contribution in [0.4, 0.5) is 4.39 Å². The number of aromatic nitrogens is 2. The van der Waals surface area contributed by atoms with Crippen molar-refractivity contribution in [1.29, 1.82) is 0 Å². The smallest absolute Gasteiger partial charge is 0.313 e. The molecule has 1 aromatic heterocycles. The third-order valence-corrected chi connectivity index (χ3v) is 7.74. The number of nitrogens with zero attached hydrogens (tertiary/aromatic N) is 2. The van der Waals surface area contributed by atoms with Gasteiger partial charge in [-0.2, -0.15) is 5.10 Å². The van der Waals surface area contributed by atoms with Gasteiger partial charge in [-0.3, -0.25) is 4.79 Å². The zero-order chi connectivity index (χ0) is 21.9. The minimum absolute atomic E-state index is 0.123. The van der Waals surface area contributed by atoms with E-state index in [4.69, 9.17) is 4.74 Å². The van der Waals surface area contributed by atoms with E-state index in [0.717, 1.165) is 36.2 Å². The number of fused-ring (bicyclic) bond motifs is 3. The van der Waals surface area contributed by atoms with Crippen LogP contribution in [0.25, 0.3) is 11.8 Å². The number of carbonyl (C=O) groups is 1. The number of rotatable bonds is 5. The molecule has 1 aromatic carbocycles. The first kappa shape index (κ1) is 20.0. The Hall–Kier alpha value is -2.95. The lowest BCUT2D eigenvalue weighted by Gasteiger charge is -2.42. The minimum Gasteiger partial charge on any atom is -0.458 e. The zero-order valence-corrected chi connectivity index (χ0v) is 17.9. The lowest BCUT2D eigenvalue weighted by atomic mass is 9.63. The lowest BCUT2D eigenvalue weighted by molar-refractivity contribution is -0.159. The normalized spacial score (nSPS) is 28.1. The summed E-state index contributed by atoms with van der Waals surface area (Å²) in [6, 6.07) is 6.38. The number of carbonyl (C=O) groups excluding carboxylic acids is 1. The van der Waals surface area contributed by atoms with Gasteiger partial charge in [0.2, 0.25) is 0 Å². The van der Waals surface area contributed by atoms with Gasteiger partial charge in [-0.05, 0) is 68.0 Å². The number of allylic oxidation sites excluding steroid dienone is 2. The Labute approximate surface area is 182 Å². The maximum absolute atomic E-state index is 13.4. The van der Waals surface area contributed by atoms with Crippen LogP contribution in [0.3, 0.4) is 0 Å². The highest BCUT2D eigenvalue weighted by atomic mass is 19.1. The molecule has 5 heteroatoms. The van der Waals surface area contributed by atoms with Crippen LogP contribution in [-0.4, -0.2) is 21.4 Å². The predicted molar refractivity (Wildman–Crippen MR) is 118 cm³/mol. The van der Waals surface area contributed by atoms with Crippen molar-refractivity contribution < 1.29 is 13.9 Å². The molecular weight excluding hydrogens is 391 g/mol. The molecule has 1 saturated carbocycles. The monoisotopic (exact) mass is 418 g/mol. The van der Waals surface area contributed by atoms with Gasteiger partial charge in [0.05, 0.1) is 23.0 Å². The Morgan fingerprint density at radius 1 is 1.23 bits per heavy atom. The highest BCUT2D eigenvalue weighted by Crippen LogP contribution is 2.64. The molecule has 4 nitrogen and oxygen atoms in total. The summed E-state index contributed by atoms with van der Waals surface area (Å²) in [5, 5.41) is 4.59. The average molecular weight is 419 g/mol. The molecule has 0 radical (unpaired) electrons. The van der Waals surface area contributed by atoms with Crippen LogP contribution in [-0.2, 0) is 16.0 Å². The van der Waals surface area contributed by atoms with Crippen molar-refractivity contribution in [2.45, 2.75) is 51.0 Å². The summed E-state index contributed by atoms with van der Waals surface area (Å²) in [5.74, 6) is -0.387. The van der Waals surface area contributed by atoms with Crippen LogP contribution in [0.5, 0.6) is 0 Å². The average Bonchev–Trinajstić information content (AvgIpc) is 3.35. The summed E-state index contributed by atoms with van der Waals surface area (Å²) < 4.78 is 21.5. The molecule has 0 bridgehead atoms. The fraction of sp³-hybridized carbons (Fsp3) is 0.385. The Morgan fingerprint density at radius 3 is 2.61 bits per heavy atom. The quantitative estimate of drug-likeness (QED) is 0.471. The van der Waals surface area contributed by atoms with E-state index >= 15 is 0 Å². The van der Waals surface area contributed by atoms with Crippen LogP contribution in [0, 0.1) is 16.6 Å². The van der Waals surface area contributed by atoms with Gasteiger partial charge in [0.25, 0.3) is 0 Å². The summed E-state index contributed by atoms with van der Waals surface area (Å²) in [5.41, 5.74) is 2.93. The summed E-state index contributed by atoms with van der Waals surface area (Å²) in [7, 11) is 0. The van der Waals surface area contributed by atoms with E-state index in [2.05, 4.69) is 31.3 Å². The van der Waals surface area contributed by atoms with Crippen molar-refractivity contribution in [1.82, 2.24) is 9.78 Å². The van der Waals surface area contributed by atoms with E-state index in [1.165, 1.54) is 17.7 Å². The molecule has 1 spiro atoms.